The Morgan fingerprint density at radius 2 is 1.89 bits per heavy atom. The normalized spacial score (nSPS) is 9.16. The monoisotopic (exact) mass is 285 g/mol. The average Bonchev–Trinajstić information content (AvgIpc) is 2.40. The van der Waals surface area contributed by atoms with Gasteiger partial charge < -0.3 is 5.32 Å². The number of halogens is 1. The van der Waals surface area contributed by atoms with E-state index >= 15 is 0 Å². The lowest BCUT2D eigenvalue weighted by atomic mass is 10.1. The van der Waals surface area contributed by atoms with E-state index in [1.54, 1.807) is 7.05 Å². The molecule has 0 radical (unpaired) electrons. The third-order valence-electron chi connectivity index (χ3n) is 2.41. The zero-order valence-corrected chi connectivity index (χ0v) is 11.9. The Balaban J connectivity index is 0.00000324. The van der Waals surface area contributed by atoms with Crippen molar-refractivity contribution in [3.05, 3.63) is 35.9 Å². The van der Waals surface area contributed by atoms with E-state index in [1.165, 1.54) is 17.7 Å². The lowest BCUT2D eigenvalue weighted by Crippen LogP contribution is -2.47. The molecule has 0 spiro atoms. The van der Waals surface area contributed by atoms with Crippen molar-refractivity contribution < 1.29 is 4.84 Å². The zero-order chi connectivity index (χ0) is 13.4. The van der Waals surface area contributed by atoms with Crippen molar-refractivity contribution >= 4 is 24.3 Å². The fourth-order valence-electron chi connectivity index (χ4n) is 1.41. The number of nitrogens with one attached hydrogen (secondary N) is 4. The lowest BCUT2D eigenvalue weighted by Gasteiger charge is -2.22. The summed E-state index contributed by atoms with van der Waals surface area (Å²) in [4.78, 5) is 5.10. The molecule has 6 nitrogen and oxygen atoms in total. The minimum absolute atomic E-state index is 0. The minimum atomic E-state index is 0. The van der Waals surface area contributed by atoms with Crippen molar-refractivity contribution in [2.24, 2.45) is 0 Å². The van der Waals surface area contributed by atoms with Crippen LogP contribution in [0.5, 0.6) is 0 Å². The smallest absolute Gasteiger partial charge is 0.222 e. The van der Waals surface area contributed by atoms with Crippen LogP contribution in [-0.2, 0) is 11.3 Å². The number of hydrogen-bond acceptors (Lipinski definition) is 3. The fourth-order valence-corrected chi connectivity index (χ4v) is 1.41. The van der Waals surface area contributed by atoms with Crippen LogP contribution >= 0.6 is 12.4 Å². The molecule has 0 aromatic heterocycles. The number of rotatable bonds is 4. The van der Waals surface area contributed by atoms with Crippen LogP contribution in [0.1, 0.15) is 5.56 Å². The predicted octanol–water partition coefficient (Wildman–Crippen LogP) is 1.19. The molecule has 1 aromatic carbocycles. The number of hydrogen-bond donors (Lipinski definition) is 4. The van der Waals surface area contributed by atoms with Crippen molar-refractivity contribution in [3.8, 4) is 0 Å². The first kappa shape index (κ1) is 17.2. The second kappa shape index (κ2) is 9.18. The highest BCUT2D eigenvalue weighted by Gasteiger charge is 2.10. The second-order valence-electron chi connectivity index (χ2n) is 3.62. The largest absolute Gasteiger partial charge is 0.359 e. The molecule has 106 valence electrons. The summed E-state index contributed by atoms with van der Waals surface area (Å²) in [6, 6.07) is 9.98. The Morgan fingerprint density at radius 1 is 1.26 bits per heavy atom. The molecule has 0 saturated carbocycles. The number of benzene rings is 1. The first-order valence-corrected chi connectivity index (χ1v) is 5.64. The van der Waals surface area contributed by atoms with E-state index in [2.05, 4.69) is 10.6 Å². The molecule has 19 heavy (non-hydrogen) atoms. The summed E-state index contributed by atoms with van der Waals surface area (Å²) in [6.45, 7) is 0.545. The van der Waals surface area contributed by atoms with Gasteiger partial charge in [0, 0.05) is 7.05 Å². The molecule has 0 atom stereocenters. The molecule has 0 aliphatic heterocycles. The van der Waals surface area contributed by atoms with Gasteiger partial charge in [-0.05, 0) is 12.0 Å². The quantitative estimate of drug-likeness (QED) is 0.380. The average molecular weight is 286 g/mol. The van der Waals surface area contributed by atoms with Gasteiger partial charge in [-0.25, -0.2) is 5.06 Å². The van der Waals surface area contributed by atoms with E-state index in [1.807, 2.05) is 30.3 Å². The van der Waals surface area contributed by atoms with E-state index in [4.69, 9.17) is 15.7 Å². The van der Waals surface area contributed by atoms with E-state index < -0.39 is 0 Å². The van der Waals surface area contributed by atoms with E-state index in [0.29, 0.717) is 6.54 Å². The van der Waals surface area contributed by atoms with Gasteiger partial charge >= 0.3 is 0 Å². The Kier molecular flexibility index (Phi) is 8.32. The highest BCUT2D eigenvalue weighted by atomic mass is 35.5. The summed E-state index contributed by atoms with van der Waals surface area (Å²) in [5.74, 6) is 0.0922. The van der Waals surface area contributed by atoms with Crippen LogP contribution in [0.2, 0.25) is 0 Å². The molecule has 1 rings (SSSR count). The van der Waals surface area contributed by atoms with Crippen LogP contribution in [0.3, 0.4) is 0 Å². The second-order valence-corrected chi connectivity index (χ2v) is 3.62. The molecule has 0 fully saturated rings. The lowest BCUT2D eigenvalue weighted by molar-refractivity contribution is -0.0669. The van der Waals surface area contributed by atoms with Crippen LogP contribution in [0.15, 0.2) is 30.3 Å². The van der Waals surface area contributed by atoms with Gasteiger partial charge in [0.15, 0.2) is 5.96 Å². The standard InChI is InChI=1S/C12H19N5O.ClH/c1-15-11(13)16-12(14)17(18-2)9-8-10-6-4-3-5-7-10;/h3-7H,8-9H2,1-2H3,(H4,13,14,15,16);1H. The fraction of sp³-hybridized carbons (Fsp3) is 0.333. The van der Waals surface area contributed by atoms with Gasteiger partial charge in [-0.2, -0.15) is 0 Å². The van der Waals surface area contributed by atoms with Crippen molar-refractivity contribution in [3.63, 3.8) is 0 Å². The number of guanidine groups is 2. The molecule has 0 amide bonds. The maximum absolute atomic E-state index is 7.75. The first-order chi connectivity index (χ1) is 8.67. The summed E-state index contributed by atoms with van der Waals surface area (Å²) in [6.07, 6.45) is 0.769. The third kappa shape index (κ3) is 6.08. The van der Waals surface area contributed by atoms with Crippen LogP contribution in [-0.4, -0.2) is 37.7 Å². The van der Waals surface area contributed by atoms with Crippen LogP contribution in [0.4, 0.5) is 0 Å². The molecule has 0 aliphatic rings. The van der Waals surface area contributed by atoms with Crippen molar-refractivity contribution in [1.82, 2.24) is 15.7 Å². The summed E-state index contributed by atoms with van der Waals surface area (Å²) in [5, 5.41) is 21.7. The van der Waals surface area contributed by atoms with Crippen molar-refractivity contribution in [2.75, 3.05) is 20.7 Å². The molecule has 1 aromatic rings. The summed E-state index contributed by atoms with van der Waals surface area (Å²) in [5.41, 5.74) is 1.18. The molecule has 0 heterocycles. The van der Waals surface area contributed by atoms with Crippen molar-refractivity contribution in [1.29, 1.82) is 10.8 Å². The van der Waals surface area contributed by atoms with Crippen LogP contribution in [0, 0.1) is 10.8 Å². The van der Waals surface area contributed by atoms with Crippen LogP contribution in [0.25, 0.3) is 0 Å². The van der Waals surface area contributed by atoms with Gasteiger partial charge in [-0.1, -0.05) is 30.3 Å². The molecular formula is C12H20ClN5O. The number of nitrogens with zero attached hydrogens (tertiary/aromatic N) is 1. The predicted molar refractivity (Wildman–Crippen MR) is 78.8 cm³/mol. The van der Waals surface area contributed by atoms with E-state index in [0.717, 1.165) is 6.42 Å². The van der Waals surface area contributed by atoms with Crippen LogP contribution < -0.4 is 10.6 Å². The van der Waals surface area contributed by atoms with Gasteiger partial charge in [-0.3, -0.25) is 21.0 Å². The highest BCUT2D eigenvalue weighted by molar-refractivity contribution is 5.95. The Hall–Kier alpha value is -1.79. The van der Waals surface area contributed by atoms with Crippen molar-refractivity contribution in [2.45, 2.75) is 6.42 Å². The minimum Gasteiger partial charge on any atom is -0.359 e. The molecule has 0 bridgehead atoms. The Bertz CT molecular complexity index is 398. The van der Waals surface area contributed by atoms with E-state index in [9.17, 15) is 0 Å². The summed E-state index contributed by atoms with van der Waals surface area (Å²) < 4.78 is 0. The highest BCUT2D eigenvalue weighted by Crippen LogP contribution is 2.01. The molecule has 0 unspecified atom stereocenters. The van der Waals surface area contributed by atoms with Gasteiger partial charge in [0.05, 0.1) is 13.7 Å². The maximum Gasteiger partial charge on any atom is 0.222 e. The molecular weight excluding hydrogens is 266 g/mol. The Morgan fingerprint density at radius 3 is 2.42 bits per heavy atom. The van der Waals surface area contributed by atoms with Gasteiger partial charge in [-0.15, -0.1) is 12.4 Å². The maximum atomic E-state index is 7.75. The topological polar surface area (TPSA) is 84.2 Å². The Labute approximate surface area is 119 Å². The van der Waals surface area contributed by atoms with E-state index in [-0.39, 0.29) is 24.3 Å². The number of hydroxylamine groups is 2. The molecule has 0 saturated heterocycles. The molecule has 4 N–H and O–H groups in total. The zero-order valence-electron chi connectivity index (χ0n) is 11.1. The van der Waals surface area contributed by atoms with Gasteiger partial charge in [0.1, 0.15) is 0 Å². The van der Waals surface area contributed by atoms with Gasteiger partial charge in [0.25, 0.3) is 0 Å². The summed E-state index contributed by atoms with van der Waals surface area (Å²) in [7, 11) is 3.12. The first-order valence-electron chi connectivity index (χ1n) is 5.64. The molecule has 7 heteroatoms. The third-order valence-corrected chi connectivity index (χ3v) is 2.41. The SMILES string of the molecule is CNC(=N)NC(=N)N(CCc1ccccc1)OC.Cl. The molecule has 0 aliphatic carbocycles. The summed E-state index contributed by atoms with van der Waals surface area (Å²) >= 11 is 0. The van der Waals surface area contributed by atoms with Gasteiger partial charge in [0.2, 0.25) is 5.96 Å².